The van der Waals surface area contributed by atoms with Gasteiger partial charge in [-0.3, -0.25) is 9.58 Å². The molecule has 0 aliphatic carbocycles. The van der Waals surface area contributed by atoms with Crippen LogP contribution in [0.1, 0.15) is 31.0 Å². The van der Waals surface area contributed by atoms with Crippen LogP contribution in [0.2, 0.25) is 0 Å². The normalized spacial score (nSPS) is 18.4. The molecule has 9 heteroatoms. The van der Waals surface area contributed by atoms with E-state index in [1.807, 2.05) is 26.1 Å². The number of morpholine rings is 1. The van der Waals surface area contributed by atoms with E-state index in [-0.39, 0.29) is 18.4 Å². The predicted molar refractivity (Wildman–Crippen MR) is 118 cm³/mol. The van der Waals surface area contributed by atoms with Gasteiger partial charge in [0.15, 0.2) is 5.96 Å². The minimum absolute atomic E-state index is 0.0483. The number of aromatic nitrogens is 2. The van der Waals surface area contributed by atoms with E-state index >= 15 is 0 Å². The van der Waals surface area contributed by atoms with Gasteiger partial charge in [0.25, 0.3) is 0 Å². The zero-order valence-corrected chi connectivity index (χ0v) is 18.5. The summed E-state index contributed by atoms with van der Waals surface area (Å²) in [4.78, 5) is 6.93. The third kappa shape index (κ3) is 6.49. The van der Waals surface area contributed by atoms with Gasteiger partial charge < -0.3 is 20.5 Å². The first kappa shape index (κ1) is 23.2. The van der Waals surface area contributed by atoms with Crippen molar-refractivity contribution in [2.24, 2.45) is 12.0 Å². The van der Waals surface area contributed by atoms with Crippen molar-refractivity contribution >= 4 is 5.96 Å². The highest BCUT2D eigenvalue weighted by atomic mass is 19.1. The molecule has 1 aliphatic heterocycles. The number of ether oxygens (including phenoxy) is 1. The van der Waals surface area contributed by atoms with E-state index in [2.05, 4.69) is 25.6 Å². The van der Waals surface area contributed by atoms with E-state index in [0.717, 1.165) is 18.7 Å². The van der Waals surface area contributed by atoms with Crippen molar-refractivity contribution in [2.75, 3.05) is 45.9 Å². The van der Waals surface area contributed by atoms with Crippen LogP contribution in [0.15, 0.2) is 41.7 Å². The molecular weight excluding hydrogens is 399 g/mol. The van der Waals surface area contributed by atoms with Crippen molar-refractivity contribution in [3.63, 3.8) is 0 Å². The third-order valence-electron chi connectivity index (χ3n) is 5.42. The van der Waals surface area contributed by atoms with Crippen molar-refractivity contribution in [1.82, 2.24) is 25.3 Å². The van der Waals surface area contributed by atoms with Gasteiger partial charge in [-0.05, 0) is 31.5 Å². The lowest BCUT2D eigenvalue weighted by Crippen LogP contribution is -2.46. The van der Waals surface area contributed by atoms with Crippen molar-refractivity contribution < 1.29 is 14.2 Å². The summed E-state index contributed by atoms with van der Waals surface area (Å²) in [7, 11) is 1.82. The Morgan fingerprint density at radius 3 is 2.61 bits per heavy atom. The van der Waals surface area contributed by atoms with Crippen LogP contribution in [0, 0.1) is 5.82 Å². The van der Waals surface area contributed by atoms with Crippen LogP contribution in [0.5, 0.6) is 0 Å². The Morgan fingerprint density at radius 2 is 2.00 bits per heavy atom. The average Bonchev–Trinajstić information content (AvgIpc) is 3.21. The number of benzene rings is 1. The Hall–Kier alpha value is -2.49. The minimum Gasteiger partial charge on any atom is -0.383 e. The Balaban J connectivity index is 1.71. The summed E-state index contributed by atoms with van der Waals surface area (Å²) in [5, 5.41) is 21.6. The molecule has 31 heavy (non-hydrogen) atoms. The molecule has 2 heterocycles. The minimum atomic E-state index is -1.13. The van der Waals surface area contributed by atoms with Crippen LogP contribution in [0.4, 0.5) is 4.39 Å². The van der Waals surface area contributed by atoms with Gasteiger partial charge >= 0.3 is 0 Å². The number of aryl methyl sites for hydroxylation is 1. The molecule has 1 aromatic carbocycles. The van der Waals surface area contributed by atoms with Crippen LogP contribution in [-0.4, -0.2) is 71.7 Å². The fourth-order valence-electron chi connectivity index (χ4n) is 3.59. The maximum Gasteiger partial charge on any atom is 0.191 e. The second-order valence-electron chi connectivity index (χ2n) is 7.97. The number of nitrogens with zero attached hydrogens (tertiary/aromatic N) is 4. The number of halogens is 1. The quantitative estimate of drug-likeness (QED) is 0.432. The van der Waals surface area contributed by atoms with Gasteiger partial charge in [-0.15, -0.1) is 0 Å². The monoisotopic (exact) mass is 432 g/mol. The van der Waals surface area contributed by atoms with E-state index in [1.54, 1.807) is 24.0 Å². The summed E-state index contributed by atoms with van der Waals surface area (Å²) in [5.41, 5.74) is 0.623. The molecule has 2 aromatic rings. The number of hydrogen-bond donors (Lipinski definition) is 3. The van der Waals surface area contributed by atoms with E-state index < -0.39 is 5.60 Å². The van der Waals surface area contributed by atoms with Gasteiger partial charge in [-0.2, -0.15) is 5.10 Å². The van der Waals surface area contributed by atoms with E-state index in [0.29, 0.717) is 37.8 Å². The molecule has 0 amide bonds. The Morgan fingerprint density at radius 1 is 1.29 bits per heavy atom. The van der Waals surface area contributed by atoms with Crippen LogP contribution in [-0.2, 0) is 17.4 Å². The molecule has 1 aromatic heterocycles. The maximum atomic E-state index is 13.5. The predicted octanol–water partition coefficient (Wildman–Crippen LogP) is 1.40. The molecule has 0 bridgehead atoms. The van der Waals surface area contributed by atoms with Gasteiger partial charge in [0.05, 0.1) is 32.0 Å². The highest BCUT2D eigenvalue weighted by molar-refractivity contribution is 5.79. The molecule has 1 saturated heterocycles. The summed E-state index contributed by atoms with van der Waals surface area (Å²) >= 11 is 0. The van der Waals surface area contributed by atoms with E-state index in [9.17, 15) is 9.50 Å². The van der Waals surface area contributed by atoms with Gasteiger partial charge in [0.2, 0.25) is 0 Å². The second kappa shape index (κ2) is 10.7. The van der Waals surface area contributed by atoms with Gasteiger partial charge in [0, 0.05) is 45.0 Å². The second-order valence-corrected chi connectivity index (χ2v) is 7.97. The first-order chi connectivity index (χ1) is 14.9. The lowest BCUT2D eigenvalue weighted by Gasteiger charge is -2.35. The number of nitrogens with one attached hydrogen (secondary N) is 2. The fourth-order valence-corrected chi connectivity index (χ4v) is 3.59. The number of hydrogen-bond acceptors (Lipinski definition) is 5. The van der Waals surface area contributed by atoms with Crippen LogP contribution in [0.3, 0.4) is 0 Å². The highest BCUT2D eigenvalue weighted by Gasteiger charge is 2.26. The van der Waals surface area contributed by atoms with Crippen LogP contribution >= 0.6 is 0 Å². The lowest BCUT2D eigenvalue weighted by atomic mass is 10.0. The van der Waals surface area contributed by atoms with E-state index in [4.69, 9.17) is 4.74 Å². The molecule has 1 aliphatic rings. The largest absolute Gasteiger partial charge is 0.383 e. The van der Waals surface area contributed by atoms with Gasteiger partial charge in [-0.25, -0.2) is 9.38 Å². The number of guanidine groups is 1. The summed E-state index contributed by atoms with van der Waals surface area (Å²) in [6, 6.07) is 6.69. The average molecular weight is 433 g/mol. The molecule has 8 nitrogen and oxygen atoms in total. The zero-order chi connectivity index (χ0) is 22.3. The summed E-state index contributed by atoms with van der Waals surface area (Å²) in [5.74, 6) is 0.372. The van der Waals surface area contributed by atoms with Crippen molar-refractivity contribution in [1.29, 1.82) is 0 Å². The van der Waals surface area contributed by atoms with Crippen molar-refractivity contribution in [3.05, 3.63) is 53.6 Å². The van der Waals surface area contributed by atoms with Crippen LogP contribution < -0.4 is 10.6 Å². The summed E-state index contributed by atoms with van der Waals surface area (Å²) in [6.45, 7) is 8.18. The fraction of sp³-hybridized carbons (Fsp3) is 0.545. The molecule has 0 spiro atoms. The molecule has 2 atom stereocenters. The molecule has 0 saturated carbocycles. The Kier molecular flexibility index (Phi) is 8.00. The maximum absolute atomic E-state index is 13.5. The molecule has 2 unspecified atom stereocenters. The Bertz CT molecular complexity index is 846. The molecule has 170 valence electrons. The summed E-state index contributed by atoms with van der Waals surface area (Å²) < 4.78 is 20.6. The number of aliphatic imine (C=N–C) groups is 1. The van der Waals surface area contributed by atoms with Crippen molar-refractivity contribution in [3.8, 4) is 0 Å². The highest BCUT2D eigenvalue weighted by Crippen LogP contribution is 2.22. The number of aliphatic hydroxyl groups is 1. The van der Waals surface area contributed by atoms with Gasteiger partial charge in [-0.1, -0.05) is 12.1 Å². The lowest BCUT2D eigenvalue weighted by molar-refractivity contribution is 0.0169. The summed E-state index contributed by atoms with van der Waals surface area (Å²) in [6.07, 6.45) is 3.44. The molecule has 3 rings (SSSR count). The SMILES string of the molecule is CCNC(=NCC(C)(O)c1cnn(C)c1)NCC(c1ccc(F)cc1)N1CCOCC1. The first-order valence-electron chi connectivity index (χ1n) is 10.7. The molecule has 0 radical (unpaired) electrons. The molecular formula is C22H33FN6O2. The third-order valence-corrected chi connectivity index (χ3v) is 5.42. The zero-order valence-electron chi connectivity index (χ0n) is 18.5. The topological polar surface area (TPSA) is 86.9 Å². The number of rotatable bonds is 8. The standard InChI is InChI=1S/C22H33FN6O2/c1-4-24-21(26-16-22(2,30)18-13-27-28(3)15-18)25-14-20(29-9-11-31-12-10-29)17-5-7-19(23)8-6-17/h5-8,13,15,20,30H,4,9-12,14,16H2,1-3H3,(H2,24,25,26). The van der Waals surface area contributed by atoms with Crippen molar-refractivity contribution in [2.45, 2.75) is 25.5 Å². The molecule has 1 fully saturated rings. The first-order valence-corrected chi connectivity index (χ1v) is 10.7. The Labute approximate surface area is 183 Å². The molecule has 3 N–H and O–H groups in total. The van der Waals surface area contributed by atoms with Gasteiger partial charge in [0.1, 0.15) is 11.4 Å². The van der Waals surface area contributed by atoms with Crippen LogP contribution in [0.25, 0.3) is 0 Å². The van der Waals surface area contributed by atoms with E-state index in [1.165, 1.54) is 12.1 Å². The smallest absolute Gasteiger partial charge is 0.191 e.